The van der Waals surface area contributed by atoms with Crippen LogP contribution in [-0.4, -0.2) is 47.1 Å². The summed E-state index contributed by atoms with van der Waals surface area (Å²) in [5.74, 6) is 0.491. The second kappa shape index (κ2) is 9.44. The van der Waals surface area contributed by atoms with Crippen LogP contribution in [0.25, 0.3) is 5.69 Å². The second-order valence-corrected chi connectivity index (χ2v) is 10.1. The Labute approximate surface area is 204 Å². The monoisotopic (exact) mass is 487 g/mol. The summed E-state index contributed by atoms with van der Waals surface area (Å²) in [4.78, 5) is 19.9. The molecule has 35 heavy (non-hydrogen) atoms. The Morgan fingerprint density at radius 3 is 2.06 bits per heavy atom. The zero-order chi connectivity index (χ0) is 24.4. The maximum atomic E-state index is 13.4. The molecule has 0 fully saturated rings. The van der Waals surface area contributed by atoms with Gasteiger partial charge in [-0.15, -0.1) is 5.10 Å². The van der Waals surface area contributed by atoms with E-state index < -0.39 is 10.0 Å². The summed E-state index contributed by atoms with van der Waals surface area (Å²) >= 11 is 0. The van der Waals surface area contributed by atoms with Crippen molar-refractivity contribution in [2.45, 2.75) is 24.2 Å². The summed E-state index contributed by atoms with van der Waals surface area (Å²) in [7, 11) is -3.82. The van der Waals surface area contributed by atoms with E-state index in [-0.39, 0.29) is 16.6 Å². The number of benzene rings is 3. The normalized spacial score (nSPS) is 13.8. The second-order valence-electron chi connectivity index (χ2n) is 8.53. The van der Waals surface area contributed by atoms with Crippen LogP contribution in [0.15, 0.2) is 83.8 Å². The molecule has 0 unspecified atom stereocenters. The first-order valence-electron chi connectivity index (χ1n) is 11.4. The molecule has 1 aliphatic heterocycles. The minimum atomic E-state index is -3.82. The Kier molecular flexibility index (Phi) is 6.19. The Hall–Kier alpha value is -3.82. The number of carbonyl (C=O) groups is 1. The van der Waals surface area contributed by atoms with E-state index in [0.717, 1.165) is 18.4 Å². The fourth-order valence-corrected chi connectivity index (χ4v) is 4.84. The summed E-state index contributed by atoms with van der Waals surface area (Å²) < 4.78 is 24.9. The van der Waals surface area contributed by atoms with E-state index in [2.05, 4.69) is 22.2 Å². The lowest BCUT2D eigenvalue weighted by atomic mass is 10.0. The number of aromatic nitrogens is 3. The molecule has 178 valence electrons. The van der Waals surface area contributed by atoms with E-state index in [0.29, 0.717) is 31.0 Å². The van der Waals surface area contributed by atoms with Crippen molar-refractivity contribution < 1.29 is 13.2 Å². The fraction of sp³-hybridized carbons (Fsp3) is 0.192. The van der Waals surface area contributed by atoms with E-state index in [1.54, 1.807) is 21.7 Å². The highest BCUT2D eigenvalue weighted by molar-refractivity contribution is 7.89. The first-order chi connectivity index (χ1) is 16.9. The molecule has 5 rings (SSSR count). The zero-order valence-electron chi connectivity index (χ0n) is 19.0. The van der Waals surface area contributed by atoms with Crippen molar-refractivity contribution in [3.63, 3.8) is 0 Å². The summed E-state index contributed by atoms with van der Waals surface area (Å²) in [6, 6.07) is 24.1. The van der Waals surface area contributed by atoms with Crippen LogP contribution in [0.3, 0.4) is 0 Å². The Morgan fingerprint density at radius 1 is 0.857 bits per heavy atom. The molecule has 0 aliphatic carbocycles. The van der Waals surface area contributed by atoms with Crippen LogP contribution in [0.5, 0.6) is 0 Å². The molecule has 1 amide bonds. The highest BCUT2D eigenvalue weighted by atomic mass is 32.2. The van der Waals surface area contributed by atoms with Crippen LogP contribution >= 0.6 is 0 Å². The molecule has 1 aromatic heterocycles. The Morgan fingerprint density at radius 2 is 1.46 bits per heavy atom. The minimum Gasteiger partial charge on any atom is -0.335 e. The van der Waals surface area contributed by atoms with Gasteiger partial charge in [-0.2, -0.15) is 0 Å². The van der Waals surface area contributed by atoms with Crippen LogP contribution in [0, 0.1) is 0 Å². The number of amides is 1. The van der Waals surface area contributed by atoms with Gasteiger partial charge in [-0.3, -0.25) is 4.79 Å². The lowest BCUT2D eigenvalue weighted by Gasteiger charge is -2.18. The molecule has 9 heteroatoms. The van der Waals surface area contributed by atoms with E-state index in [4.69, 9.17) is 5.14 Å². The third-order valence-corrected chi connectivity index (χ3v) is 7.12. The lowest BCUT2D eigenvalue weighted by molar-refractivity contribution is 0.0751. The standard InChI is InChI=1S/C26H25N5O3S/c27-35(33,34)23-12-10-22(11-13-23)31-24(18-19-6-2-1-3-7-19)28-25(29-31)26(32)30-16-14-20-8-4-5-9-21(20)15-17-30/h1-13H,14-18H2,(H2,27,33,34). The largest absolute Gasteiger partial charge is 0.335 e. The predicted octanol–water partition coefficient (Wildman–Crippen LogP) is 2.75. The molecule has 3 aromatic carbocycles. The highest BCUT2D eigenvalue weighted by Crippen LogP contribution is 2.19. The van der Waals surface area contributed by atoms with Gasteiger partial charge in [0.2, 0.25) is 15.8 Å². The van der Waals surface area contributed by atoms with Crippen molar-refractivity contribution >= 4 is 15.9 Å². The number of sulfonamides is 1. The van der Waals surface area contributed by atoms with Gasteiger partial charge >= 0.3 is 0 Å². The van der Waals surface area contributed by atoms with Gasteiger partial charge < -0.3 is 4.90 Å². The predicted molar refractivity (Wildman–Crippen MR) is 132 cm³/mol. The Bertz CT molecular complexity index is 1440. The van der Waals surface area contributed by atoms with Gasteiger partial charge in [0, 0.05) is 19.5 Å². The van der Waals surface area contributed by atoms with Crippen molar-refractivity contribution in [1.29, 1.82) is 0 Å². The topological polar surface area (TPSA) is 111 Å². The van der Waals surface area contributed by atoms with Crippen LogP contribution in [-0.2, 0) is 29.3 Å². The van der Waals surface area contributed by atoms with E-state index in [1.165, 1.54) is 23.3 Å². The van der Waals surface area contributed by atoms with Gasteiger partial charge in [0.05, 0.1) is 10.6 Å². The molecule has 2 heterocycles. The molecular formula is C26H25N5O3S. The van der Waals surface area contributed by atoms with Gasteiger partial charge in [-0.25, -0.2) is 23.2 Å². The minimum absolute atomic E-state index is 0.00593. The van der Waals surface area contributed by atoms with Gasteiger partial charge in [0.1, 0.15) is 5.82 Å². The molecule has 1 aliphatic rings. The summed E-state index contributed by atoms with van der Waals surface area (Å²) in [6.07, 6.45) is 2.03. The highest BCUT2D eigenvalue weighted by Gasteiger charge is 2.25. The quantitative estimate of drug-likeness (QED) is 0.465. The molecular weight excluding hydrogens is 462 g/mol. The van der Waals surface area contributed by atoms with E-state index >= 15 is 0 Å². The first kappa shape index (κ1) is 22.9. The molecule has 0 atom stereocenters. The first-order valence-corrected chi connectivity index (χ1v) is 12.9. The molecule has 0 saturated carbocycles. The van der Waals surface area contributed by atoms with Crippen LogP contribution in [0.2, 0.25) is 0 Å². The third kappa shape index (κ3) is 5.01. The lowest BCUT2D eigenvalue weighted by Crippen LogP contribution is -2.34. The number of primary sulfonamides is 1. The van der Waals surface area contributed by atoms with Crippen molar-refractivity contribution in [2.75, 3.05) is 13.1 Å². The Balaban J connectivity index is 1.47. The average molecular weight is 488 g/mol. The summed E-state index contributed by atoms with van der Waals surface area (Å²) in [5, 5.41) is 9.79. The third-order valence-electron chi connectivity index (χ3n) is 6.19. The summed E-state index contributed by atoms with van der Waals surface area (Å²) in [6.45, 7) is 1.20. The molecule has 4 aromatic rings. The number of hydrogen-bond acceptors (Lipinski definition) is 5. The number of nitrogens with two attached hydrogens (primary N) is 1. The van der Waals surface area contributed by atoms with Gasteiger partial charge in [0.15, 0.2) is 0 Å². The maximum absolute atomic E-state index is 13.4. The molecule has 0 saturated heterocycles. The number of rotatable bonds is 5. The maximum Gasteiger partial charge on any atom is 0.293 e. The number of carbonyl (C=O) groups excluding carboxylic acids is 1. The van der Waals surface area contributed by atoms with Crippen molar-refractivity contribution in [2.24, 2.45) is 5.14 Å². The smallest absolute Gasteiger partial charge is 0.293 e. The van der Waals surface area contributed by atoms with Crippen LogP contribution in [0.4, 0.5) is 0 Å². The number of nitrogens with zero attached hydrogens (tertiary/aromatic N) is 4. The molecule has 8 nitrogen and oxygen atoms in total. The van der Waals surface area contributed by atoms with Crippen LogP contribution in [0.1, 0.15) is 33.1 Å². The van der Waals surface area contributed by atoms with Crippen molar-refractivity contribution in [3.8, 4) is 5.69 Å². The van der Waals surface area contributed by atoms with Gasteiger partial charge in [-0.05, 0) is 53.8 Å². The van der Waals surface area contributed by atoms with Crippen molar-refractivity contribution in [3.05, 3.63) is 107 Å². The molecule has 2 N–H and O–H groups in total. The number of fused-ring (bicyclic) bond motifs is 1. The SMILES string of the molecule is NS(=O)(=O)c1ccc(-n2nc(C(=O)N3CCc4ccccc4CC3)nc2Cc2ccccc2)cc1. The summed E-state index contributed by atoms with van der Waals surface area (Å²) in [5.41, 5.74) is 4.15. The fourth-order valence-electron chi connectivity index (χ4n) is 4.32. The van der Waals surface area contributed by atoms with Gasteiger partial charge in [0.25, 0.3) is 5.91 Å². The van der Waals surface area contributed by atoms with Gasteiger partial charge in [-0.1, -0.05) is 54.6 Å². The molecule has 0 radical (unpaired) electrons. The van der Waals surface area contributed by atoms with Crippen LogP contribution < -0.4 is 5.14 Å². The average Bonchev–Trinajstić information content (AvgIpc) is 3.15. The molecule has 0 bridgehead atoms. The van der Waals surface area contributed by atoms with E-state index in [1.807, 2.05) is 42.5 Å². The molecule has 0 spiro atoms. The van der Waals surface area contributed by atoms with Crippen molar-refractivity contribution in [1.82, 2.24) is 19.7 Å². The number of hydrogen-bond donors (Lipinski definition) is 1. The zero-order valence-corrected chi connectivity index (χ0v) is 19.9. The van der Waals surface area contributed by atoms with E-state index in [9.17, 15) is 13.2 Å².